The first-order valence-electron chi connectivity index (χ1n) is 5.07. The maximum absolute atomic E-state index is 11.1. The number of ether oxygens (including phenoxy) is 1. The lowest BCUT2D eigenvalue weighted by atomic mass is 9.83. The largest absolute Gasteiger partial charge is 0.369 e. The Bertz CT molecular complexity index is 221. The van der Waals surface area contributed by atoms with E-state index in [0.717, 1.165) is 25.9 Å². The van der Waals surface area contributed by atoms with Crippen LogP contribution in [0.4, 0.5) is 0 Å². The Morgan fingerprint density at radius 3 is 3.00 bits per heavy atom. The van der Waals surface area contributed by atoms with Gasteiger partial charge < -0.3 is 15.8 Å². The molecule has 5 heteroatoms. The van der Waals surface area contributed by atoms with Gasteiger partial charge in [-0.2, -0.15) is 0 Å². The van der Waals surface area contributed by atoms with Crippen molar-refractivity contribution in [3.05, 3.63) is 0 Å². The highest BCUT2D eigenvalue weighted by Gasteiger charge is 2.40. The fourth-order valence-electron chi connectivity index (χ4n) is 2.23. The molecule has 2 heterocycles. The summed E-state index contributed by atoms with van der Waals surface area (Å²) in [6.07, 6.45) is 1.71. The Balaban J connectivity index is 2.01. The highest BCUT2D eigenvalue weighted by Crippen LogP contribution is 2.29. The van der Waals surface area contributed by atoms with E-state index in [1.165, 1.54) is 0 Å². The Labute approximate surface area is 83.4 Å². The second kappa shape index (κ2) is 3.84. The molecule has 2 aliphatic rings. The van der Waals surface area contributed by atoms with Gasteiger partial charge in [0, 0.05) is 19.6 Å². The number of hydrogen-bond donors (Lipinski definition) is 3. The summed E-state index contributed by atoms with van der Waals surface area (Å²) in [4.78, 5) is 11.1. The number of rotatable bonds is 1. The van der Waals surface area contributed by atoms with E-state index in [0.29, 0.717) is 13.3 Å². The third-order valence-electron chi connectivity index (χ3n) is 3.10. The molecule has 2 atom stereocenters. The average molecular weight is 199 g/mol. The van der Waals surface area contributed by atoms with Crippen molar-refractivity contribution in [3.63, 3.8) is 0 Å². The second-order valence-electron chi connectivity index (χ2n) is 4.16. The lowest BCUT2D eigenvalue weighted by molar-refractivity contribution is -0.134. The summed E-state index contributed by atoms with van der Waals surface area (Å²) in [5.41, 5.74) is 5.14. The quantitative estimate of drug-likeness (QED) is 0.495. The molecule has 0 bridgehead atoms. The van der Waals surface area contributed by atoms with Gasteiger partial charge in [-0.1, -0.05) is 0 Å². The first kappa shape index (κ1) is 9.89. The predicted octanol–water partition coefficient (Wildman–Crippen LogP) is -1.21. The molecule has 80 valence electrons. The monoisotopic (exact) mass is 199 g/mol. The molecule has 4 N–H and O–H groups in total. The fourth-order valence-corrected chi connectivity index (χ4v) is 2.23. The first-order chi connectivity index (χ1) is 6.72. The van der Waals surface area contributed by atoms with E-state index >= 15 is 0 Å². The number of amides is 1. The molecule has 2 unspecified atom stereocenters. The van der Waals surface area contributed by atoms with Crippen LogP contribution in [-0.4, -0.2) is 37.9 Å². The number of piperidine rings is 1. The predicted molar refractivity (Wildman–Crippen MR) is 51.5 cm³/mol. The van der Waals surface area contributed by atoms with Gasteiger partial charge in [-0.25, -0.2) is 0 Å². The van der Waals surface area contributed by atoms with Crippen molar-refractivity contribution in [2.24, 2.45) is 11.7 Å². The molecule has 2 saturated heterocycles. The summed E-state index contributed by atoms with van der Waals surface area (Å²) in [7, 11) is 0. The number of carbonyl (C=O) groups is 1. The van der Waals surface area contributed by atoms with Gasteiger partial charge in [0.15, 0.2) is 0 Å². The highest BCUT2D eigenvalue weighted by atomic mass is 16.5. The maximum Gasteiger partial charge on any atom is 0.221 e. The van der Waals surface area contributed by atoms with E-state index in [2.05, 4.69) is 10.6 Å². The van der Waals surface area contributed by atoms with Gasteiger partial charge >= 0.3 is 0 Å². The molecule has 14 heavy (non-hydrogen) atoms. The van der Waals surface area contributed by atoms with Crippen LogP contribution in [0.2, 0.25) is 0 Å². The minimum atomic E-state index is -0.223. The van der Waals surface area contributed by atoms with Gasteiger partial charge in [-0.15, -0.1) is 0 Å². The number of carbonyl (C=O) groups excluding carboxylic acids is 1. The van der Waals surface area contributed by atoms with E-state index < -0.39 is 0 Å². The highest BCUT2D eigenvalue weighted by molar-refractivity contribution is 5.77. The topological polar surface area (TPSA) is 76.4 Å². The molecule has 5 nitrogen and oxygen atoms in total. The summed E-state index contributed by atoms with van der Waals surface area (Å²) in [5, 5.41) is 6.36. The van der Waals surface area contributed by atoms with Crippen LogP contribution in [0.5, 0.6) is 0 Å². The lowest BCUT2D eigenvalue weighted by Crippen LogP contribution is -2.57. The summed E-state index contributed by atoms with van der Waals surface area (Å²) >= 11 is 0. The zero-order valence-electron chi connectivity index (χ0n) is 8.21. The van der Waals surface area contributed by atoms with Gasteiger partial charge in [0.25, 0.3) is 0 Å². The second-order valence-corrected chi connectivity index (χ2v) is 4.16. The van der Waals surface area contributed by atoms with Gasteiger partial charge in [0.05, 0.1) is 18.2 Å². The molecule has 2 aliphatic heterocycles. The number of nitrogens with one attached hydrogen (secondary N) is 2. The standard InChI is InChI=1S/C9H17N3O2/c10-8(13)7-3-9(5-12-4-7)1-2-11-6-14-9/h7,11-12H,1-6H2,(H2,10,13). The summed E-state index contributed by atoms with van der Waals surface area (Å²) < 4.78 is 5.71. The van der Waals surface area contributed by atoms with Crippen LogP contribution in [0, 0.1) is 5.92 Å². The lowest BCUT2D eigenvalue weighted by Gasteiger charge is -2.43. The third-order valence-corrected chi connectivity index (χ3v) is 3.10. The molecule has 0 saturated carbocycles. The van der Waals surface area contributed by atoms with Crippen LogP contribution >= 0.6 is 0 Å². The van der Waals surface area contributed by atoms with E-state index in [-0.39, 0.29) is 17.4 Å². The van der Waals surface area contributed by atoms with Crippen LogP contribution in [0.3, 0.4) is 0 Å². The molecule has 1 amide bonds. The van der Waals surface area contributed by atoms with Crippen LogP contribution in [0.15, 0.2) is 0 Å². The average Bonchev–Trinajstić information content (AvgIpc) is 2.19. The van der Waals surface area contributed by atoms with Crippen LogP contribution in [0.1, 0.15) is 12.8 Å². The zero-order chi connectivity index (χ0) is 10.0. The maximum atomic E-state index is 11.1. The SMILES string of the molecule is NC(=O)C1CNCC2(CCNCO2)C1. The van der Waals surface area contributed by atoms with Gasteiger partial charge in [0.2, 0.25) is 5.91 Å². The van der Waals surface area contributed by atoms with Crippen molar-refractivity contribution in [2.75, 3.05) is 26.4 Å². The smallest absolute Gasteiger partial charge is 0.221 e. The van der Waals surface area contributed by atoms with Crippen LogP contribution < -0.4 is 16.4 Å². The number of primary amides is 1. The molecule has 1 spiro atoms. The van der Waals surface area contributed by atoms with E-state index in [4.69, 9.17) is 10.5 Å². The summed E-state index contributed by atoms with van der Waals surface area (Å²) in [5.74, 6) is -0.305. The minimum absolute atomic E-state index is 0.0816. The fraction of sp³-hybridized carbons (Fsp3) is 0.889. The molecule has 0 aliphatic carbocycles. The summed E-state index contributed by atoms with van der Waals surface area (Å²) in [6.45, 7) is 3.05. The van der Waals surface area contributed by atoms with Crippen molar-refractivity contribution in [1.82, 2.24) is 10.6 Å². The molecule has 2 rings (SSSR count). The van der Waals surface area contributed by atoms with E-state index in [1.807, 2.05) is 0 Å². The molecule has 0 aromatic carbocycles. The molecular formula is C9H17N3O2. The van der Waals surface area contributed by atoms with Gasteiger partial charge in [-0.05, 0) is 12.8 Å². The Hall–Kier alpha value is -0.650. The van der Waals surface area contributed by atoms with E-state index in [9.17, 15) is 4.79 Å². The van der Waals surface area contributed by atoms with Crippen molar-refractivity contribution in [3.8, 4) is 0 Å². The van der Waals surface area contributed by atoms with Crippen LogP contribution in [-0.2, 0) is 9.53 Å². The molecule has 0 aromatic rings. The van der Waals surface area contributed by atoms with E-state index in [1.54, 1.807) is 0 Å². The molecule has 0 radical (unpaired) electrons. The number of hydrogen-bond acceptors (Lipinski definition) is 4. The van der Waals surface area contributed by atoms with Crippen molar-refractivity contribution in [2.45, 2.75) is 18.4 Å². The Morgan fingerprint density at radius 2 is 2.36 bits per heavy atom. The first-order valence-corrected chi connectivity index (χ1v) is 5.07. The Kier molecular flexibility index (Phi) is 2.71. The normalized spacial score (nSPS) is 38.4. The van der Waals surface area contributed by atoms with Crippen molar-refractivity contribution >= 4 is 5.91 Å². The minimum Gasteiger partial charge on any atom is -0.369 e. The van der Waals surface area contributed by atoms with Gasteiger partial charge in [0.1, 0.15) is 0 Å². The Morgan fingerprint density at radius 1 is 1.50 bits per heavy atom. The molecule has 2 fully saturated rings. The summed E-state index contributed by atoms with van der Waals surface area (Å²) in [6, 6.07) is 0. The molecular weight excluding hydrogens is 182 g/mol. The number of nitrogens with two attached hydrogens (primary N) is 1. The van der Waals surface area contributed by atoms with Crippen molar-refractivity contribution in [1.29, 1.82) is 0 Å². The van der Waals surface area contributed by atoms with Crippen LogP contribution in [0.25, 0.3) is 0 Å². The van der Waals surface area contributed by atoms with Crippen molar-refractivity contribution < 1.29 is 9.53 Å². The molecule has 0 aromatic heterocycles. The van der Waals surface area contributed by atoms with Gasteiger partial charge in [-0.3, -0.25) is 10.1 Å². The zero-order valence-corrected chi connectivity index (χ0v) is 8.21. The third kappa shape index (κ3) is 1.89.